The van der Waals surface area contributed by atoms with E-state index in [1.54, 1.807) is 35.2 Å². The Balaban J connectivity index is 1.85. The number of halogens is 4. The molecule has 0 radical (unpaired) electrons. The zero-order valence-electron chi connectivity index (χ0n) is 15.0. The standard InChI is InChI=1S/C20H15F4N3O2/c21-13-9-17-15(8-11(13)10-25)27-7-3-5-14(26-19(28)20(22,23)24)18(27)12-4-1-2-6-16(12)29-17/h1-2,4,6,8-9,14,18H,3,5,7H2,(H,26,28). The van der Waals surface area contributed by atoms with Crippen LogP contribution >= 0.6 is 0 Å². The molecule has 1 saturated heterocycles. The van der Waals surface area contributed by atoms with Crippen molar-refractivity contribution in [1.82, 2.24) is 5.32 Å². The summed E-state index contributed by atoms with van der Waals surface area (Å²) in [5.41, 5.74) is 0.781. The number of benzene rings is 2. The third-order valence-corrected chi connectivity index (χ3v) is 5.14. The quantitative estimate of drug-likeness (QED) is 0.723. The van der Waals surface area contributed by atoms with Crippen LogP contribution in [0.4, 0.5) is 23.2 Å². The van der Waals surface area contributed by atoms with Gasteiger partial charge < -0.3 is 15.0 Å². The maximum Gasteiger partial charge on any atom is 0.471 e. The summed E-state index contributed by atoms with van der Waals surface area (Å²) in [4.78, 5) is 13.4. The Morgan fingerprint density at radius 3 is 2.72 bits per heavy atom. The molecule has 5 nitrogen and oxygen atoms in total. The molecule has 2 aromatic rings. The number of hydrogen-bond donors (Lipinski definition) is 1. The molecule has 9 heteroatoms. The second-order valence-corrected chi connectivity index (χ2v) is 6.91. The number of fused-ring (bicyclic) bond motifs is 5. The Kier molecular flexibility index (Phi) is 4.57. The Morgan fingerprint density at radius 2 is 2.00 bits per heavy atom. The molecule has 2 aliphatic rings. The number of carbonyl (C=O) groups excluding carboxylic acids is 1. The second-order valence-electron chi connectivity index (χ2n) is 6.91. The van der Waals surface area contributed by atoms with Crippen LogP contribution in [0.15, 0.2) is 36.4 Å². The van der Waals surface area contributed by atoms with E-state index in [4.69, 9.17) is 4.74 Å². The average Bonchev–Trinajstić information content (AvgIpc) is 2.81. The summed E-state index contributed by atoms with van der Waals surface area (Å²) in [6.07, 6.45) is -4.17. The third-order valence-electron chi connectivity index (χ3n) is 5.14. The minimum Gasteiger partial charge on any atom is -0.455 e. The van der Waals surface area contributed by atoms with Crippen molar-refractivity contribution in [2.24, 2.45) is 0 Å². The molecule has 2 unspecified atom stereocenters. The van der Waals surface area contributed by atoms with Crippen LogP contribution in [0.1, 0.15) is 30.0 Å². The lowest BCUT2D eigenvalue weighted by molar-refractivity contribution is -0.174. The summed E-state index contributed by atoms with van der Waals surface area (Å²) in [7, 11) is 0. The summed E-state index contributed by atoms with van der Waals surface area (Å²) in [5, 5.41) is 11.3. The Hall–Kier alpha value is -3.28. The lowest BCUT2D eigenvalue weighted by Gasteiger charge is -2.42. The van der Waals surface area contributed by atoms with Crippen molar-refractivity contribution in [2.45, 2.75) is 31.1 Å². The predicted octanol–water partition coefficient (Wildman–Crippen LogP) is 4.19. The van der Waals surface area contributed by atoms with E-state index in [1.165, 1.54) is 6.07 Å². The fourth-order valence-electron chi connectivity index (χ4n) is 3.92. The topological polar surface area (TPSA) is 65.4 Å². The zero-order chi connectivity index (χ0) is 20.8. The van der Waals surface area contributed by atoms with Crippen molar-refractivity contribution >= 4 is 11.6 Å². The number of rotatable bonds is 1. The molecular formula is C20H15F4N3O2. The first-order valence-electron chi connectivity index (χ1n) is 8.94. The largest absolute Gasteiger partial charge is 0.471 e. The Morgan fingerprint density at radius 1 is 1.24 bits per heavy atom. The summed E-state index contributed by atoms with van der Waals surface area (Å²) < 4.78 is 58.6. The van der Waals surface area contributed by atoms with E-state index in [9.17, 15) is 27.6 Å². The van der Waals surface area contributed by atoms with Gasteiger partial charge in [-0.05, 0) is 25.0 Å². The maximum absolute atomic E-state index is 14.2. The number of hydrogen-bond acceptors (Lipinski definition) is 4. The zero-order valence-corrected chi connectivity index (χ0v) is 15.0. The second kappa shape index (κ2) is 6.95. The molecule has 2 heterocycles. The molecule has 0 bridgehead atoms. The van der Waals surface area contributed by atoms with Crippen LogP contribution in [0.2, 0.25) is 0 Å². The van der Waals surface area contributed by atoms with Crippen LogP contribution in [-0.4, -0.2) is 24.7 Å². The van der Waals surface area contributed by atoms with Crippen molar-refractivity contribution in [2.75, 3.05) is 11.4 Å². The van der Waals surface area contributed by atoms with Crippen LogP contribution in [0.25, 0.3) is 0 Å². The number of carbonyl (C=O) groups is 1. The third kappa shape index (κ3) is 3.35. The molecule has 0 spiro atoms. The molecule has 1 N–H and O–H groups in total. The van der Waals surface area contributed by atoms with Crippen molar-refractivity contribution in [3.05, 3.63) is 53.3 Å². The number of nitrogens with zero attached hydrogens (tertiary/aromatic N) is 2. The van der Waals surface area contributed by atoms with E-state index in [-0.39, 0.29) is 11.3 Å². The average molecular weight is 405 g/mol. The van der Waals surface area contributed by atoms with Crippen molar-refractivity contribution in [3.63, 3.8) is 0 Å². The van der Waals surface area contributed by atoms with Gasteiger partial charge in [-0.25, -0.2) is 4.39 Å². The molecular weight excluding hydrogens is 390 g/mol. The smallest absolute Gasteiger partial charge is 0.455 e. The van der Waals surface area contributed by atoms with Crippen LogP contribution in [0.5, 0.6) is 11.5 Å². The summed E-state index contributed by atoms with van der Waals surface area (Å²) in [5.74, 6) is -2.23. The molecule has 0 saturated carbocycles. The Bertz CT molecular complexity index is 1020. The Labute approximate surface area is 163 Å². The van der Waals surface area contributed by atoms with Gasteiger partial charge in [0, 0.05) is 18.2 Å². The van der Waals surface area contributed by atoms with E-state index in [0.717, 1.165) is 6.07 Å². The van der Waals surface area contributed by atoms with E-state index in [0.29, 0.717) is 36.4 Å². The first kappa shape index (κ1) is 19.1. The minimum atomic E-state index is -5.00. The van der Waals surface area contributed by atoms with Crippen molar-refractivity contribution in [1.29, 1.82) is 5.26 Å². The van der Waals surface area contributed by atoms with Gasteiger partial charge in [0.2, 0.25) is 0 Å². The molecule has 2 atom stereocenters. The predicted molar refractivity (Wildman–Crippen MR) is 94.9 cm³/mol. The first-order valence-corrected chi connectivity index (χ1v) is 8.94. The van der Waals surface area contributed by atoms with Crippen LogP contribution < -0.4 is 15.0 Å². The van der Waals surface area contributed by atoms with Crippen LogP contribution in [0, 0.1) is 17.1 Å². The molecule has 150 valence electrons. The van der Waals surface area contributed by atoms with E-state index < -0.39 is 30.0 Å². The molecule has 1 amide bonds. The van der Waals surface area contributed by atoms with Gasteiger partial charge in [0.1, 0.15) is 17.6 Å². The normalized spacial score (nSPS) is 20.3. The summed E-state index contributed by atoms with van der Waals surface area (Å²) in [6.45, 7) is 0.449. The SMILES string of the molecule is N#Cc1cc2c(cc1F)Oc1ccccc1C1C(NC(=O)C(F)(F)F)CCCN21. The van der Waals surface area contributed by atoms with Gasteiger partial charge in [0.05, 0.1) is 23.3 Å². The number of nitriles is 1. The summed E-state index contributed by atoms with van der Waals surface area (Å²) >= 11 is 0. The van der Waals surface area contributed by atoms with Crippen LogP contribution in [-0.2, 0) is 4.79 Å². The molecule has 2 aromatic carbocycles. The van der Waals surface area contributed by atoms with Gasteiger partial charge in [-0.1, -0.05) is 18.2 Å². The molecule has 0 aliphatic carbocycles. The summed E-state index contributed by atoms with van der Waals surface area (Å²) in [6, 6.07) is 9.45. The molecule has 2 aliphatic heterocycles. The molecule has 4 rings (SSSR count). The highest BCUT2D eigenvalue weighted by Crippen LogP contribution is 2.48. The highest BCUT2D eigenvalue weighted by atomic mass is 19.4. The lowest BCUT2D eigenvalue weighted by Crippen LogP contribution is -2.52. The van der Waals surface area contributed by atoms with Gasteiger partial charge in [0.15, 0.2) is 5.75 Å². The van der Waals surface area contributed by atoms with Crippen LogP contribution in [0.3, 0.4) is 0 Å². The van der Waals surface area contributed by atoms with Crippen molar-refractivity contribution in [3.8, 4) is 17.6 Å². The fourth-order valence-corrected chi connectivity index (χ4v) is 3.92. The number of para-hydroxylation sites is 1. The number of ether oxygens (including phenoxy) is 1. The first-order chi connectivity index (χ1) is 13.8. The number of piperidine rings is 1. The minimum absolute atomic E-state index is 0.166. The van der Waals surface area contributed by atoms with Gasteiger partial charge in [-0.15, -0.1) is 0 Å². The number of nitrogens with one attached hydrogen (secondary N) is 1. The number of amides is 1. The lowest BCUT2D eigenvalue weighted by atomic mass is 9.89. The van der Waals surface area contributed by atoms with Crippen molar-refractivity contribution < 1.29 is 27.1 Å². The monoisotopic (exact) mass is 405 g/mol. The molecule has 1 fully saturated rings. The van der Waals surface area contributed by atoms with E-state index >= 15 is 0 Å². The van der Waals surface area contributed by atoms with E-state index in [1.807, 2.05) is 0 Å². The van der Waals surface area contributed by atoms with Gasteiger partial charge >= 0.3 is 12.1 Å². The van der Waals surface area contributed by atoms with Gasteiger partial charge in [-0.3, -0.25) is 4.79 Å². The molecule has 29 heavy (non-hydrogen) atoms. The number of anilines is 1. The fraction of sp³-hybridized carbons (Fsp3) is 0.300. The molecule has 0 aromatic heterocycles. The van der Waals surface area contributed by atoms with E-state index in [2.05, 4.69) is 5.32 Å². The number of alkyl halides is 3. The van der Waals surface area contributed by atoms with Gasteiger partial charge in [0.25, 0.3) is 0 Å². The maximum atomic E-state index is 14.2. The highest BCUT2D eigenvalue weighted by Gasteiger charge is 2.44. The highest BCUT2D eigenvalue weighted by molar-refractivity contribution is 5.82. The van der Waals surface area contributed by atoms with Gasteiger partial charge in [-0.2, -0.15) is 18.4 Å².